The maximum atomic E-state index is 5.17. The summed E-state index contributed by atoms with van der Waals surface area (Å²) in [5, 5.41) is 2.32. The van der Waals surface area contributed by atoms with E-state index in [0.717, 1.165) is 67.6 Å². The molecule has 280 valence electrons. The Balaban J connectivity index is 0.928. The second-order valence-corrected chi connectivity index (χ2v) is 16.5. The molecule has 3 saturated carbocycles. The van der Waals surface area contributed by atoms with Gasteiger partial charge in [0.15, 0.2) is 34.9 Å². The van der Waals surface area contributed by atoms with Gasteiger partial charge < -0.3 is 0 Å². The van der Waals surface area contributed by atoms with E-state index in [4.69, 9.17) is 29.9 Å². The molecule has 0 spiro atoms. The molecule has 0 bridgehead atoms. The lowest BCUT2D eigenvalue weighted by molar-refractivity contribution is -0.219. The Labute approximate surface area is 342 Å². The highest BCUT2D eigenvalue weighted by Gasteiger charge is 2.71. The Kier molecular flexibility index (Phi) is 7.73. The van der Waals surface area contributed by atoms with E-state index in [2.05, 4.69) is 127 Å². The molecule has 59 heavy (non-hydrogen) atoms. The van der Waals surface area contributed by atoms with Crippen LogP contribution >= 0.6 is 0 Å². The fraction of sp³-hybridized carbons (Fsp3) is 0.132. The monoisotopic (exact) mass is 758 g/mol. The number of benzene rings is 7. The van der Waals surface area contributed by atoms with Gasteiger partial charge in [0.2, 0.25) is 0 Å². The second kappa shape index (κ2) is 13.5. The van der Waals surface area contributed by atoms with Crippen LogP contribution in [0.1, 0.15) is 24.8 Å². The molecule has 0 amide bonds. The number of hydrogen-bond acceptors (Lipinski definition) is 6. The SMILES string of the molecule is c1ccc(-c2nc(-c3cccc(-c4cccc(-c5nc(-c6ccccc6)nc(-c6ccc7ccccc7c6)n5)c4)c3)nc(-c3cccc(C45CC6CC(C4)C65)c3)n2)cc1. The molecule has 0 N–H and O–H groups in total. The lowest BCUT2D eigenvalue weighted by Crippen LogP contribution is -2.71. The molecule has 7 aromatic carbocycles. The minimum Gasteiger partial charge on any atom is -0.208 e. The van der Waals surface area contributed by atoms with E-state index in [9.17, 15) is 0 Å². The predicted octanol–water partition coefficient (Wildman–Crippen LogP) is 12.2. The van der Waals surface area contributed by atoms with Gasteiger partial charge in [-0.25, -0.2) is 29.9 Å². The van der Waals surface area contributed by atoms with Crippen molar-refractivity contribution in [3.63, 3.8) is 0 Å². The topological polar surface area (TPSA) is 77.3 Å². The van der Waals surface area contributed by atoms with Gasteiger partial charge in [-0.3, -0.25) is 0 Å². The number of rotatable bonds is 8. The molecule has 2 heterocycles. The third-order valence-electron chi connectivity index (χ3n) is 13.1. The van der Waals surface area contributed by atoms with Gasteiger partial charge in [0.05, 0.1) is 0 Å². The van der Waals surface area contributed by atoms with Crippen LogP contribution in [0.25, 0.3) is 90.2 Å². The normalized spacial score (nSPS) is 19.9. The van der Waals surface area contributed by atoms with E-state index in [1.807, 2.05) is 48.5 Å². The summed E-state index contributed by atoms with van der Waals surface area (Å²) in [7, 11) is 0. The zero-order valence-corrected chi connectivity index (χ0v) is 32.3. The molecule has 2 atom stereocenters. The van der Waals surface area contributed by atoms with Gasteiger partial charge in [-0.1, -0.05) is 152 Å². The molecule has 6 nitrogen and oxygen atoms in total. The summed E-state index contributed by atoms with van der Waals surface area (Å²) in [6.07, 6.45) is 4.10. The number of fused-ring (bicyclic) bond motifs is 1. The van der Waals surface area contributed by atoms with Crippen molar-refractivity contribution in [1.82, 2.24) is 29.9 Å². The van der Waals surface area contributed by atoms with E-state index >= 15 is 0 Å². The molecule has 0 saturated heterocycles. The van der Waals surface area contributed by atoms with Crippen LogP contribution in [0.5, 0.6) is 0 Å². The fourth-order valence-corrected chi connectivity index (χ4v) is 10.3. The van der Waals surface area contributed by atoms with Crippen LogP contribution in [0.3, 0.4) is 0 Å². The van der Waals surface area contributed by atoms with Gasteiger partial charge in [-0.15, -0.1) is 0 Å². The minimum atomic E-state index is 0.368. The average Bonchev–Trinajstić information content (AvgIpc) is 3.31. The van der Waals surface area contributed by atoms with Gasteiger partial charge in [0, 0.05) is 33.4 Å². The van der Waals surface area contributed by atoms with Crippen molar-refractivity contribution >= 4 is 10.8 Å². The Bertz CT molecular complexity index is 3060. The molecule has 6 heteroatoms. The van der Waals surface area contributed by atoms with Gasteiger partial charge in [-0.05, 0) is 94.2 Å². The van der Waals surface area contributed by atoms with Crippen LogP contribution in [0.4, 0.5) is 0 Å². The maximum Gasteiger partial charge on any atom is 0.164 e. The number of hydrogen-bond donors (Lipinski definition) is 0. The highest BCUT2D eigenvalue weighted by molar-refractivity contribution is 5.87. The summed E-state index contributed by atoms with van der Waals surface area (Å²) in [5.74, 6) is 6.66. The zero-order valence-electron chi connectivity index (χ0n) is 32.3. The molecular weight excluding hydrogens is 721 g/mol. The molecule has 0 radical (unpaired) electrons. The molecule has 12 rings (SSSR count). The Morgan fingerprint density at radius 3 is 1.24 bits per heavy atom. The van der Waals surface area contributed by atoms with Crippen LogP contribution in [0, 0.1) is 17.8 Å². The van der Waals surface area contributed by atoms with Crippen molar-refractivity contribution in [2.75, 3.05) is 0 Å². The zero-order chi connectivity index (χ0) is 38.9. The number of nitrogens with zero attached hydrogens (tertiary/aromatic N) is 6. The van der Waals surface area contributed by atoms with Crippen molar-refractivity contribution < 1.29 is 0 Å². The standard InChI is InChI=1S/C53H38N6/c1-3-13-34(14-4-1)47-54-49(58-51(56-47)41-22-11-23-45(30-41)53-31-43-29-44(32-53)46(43)53)39-20-9-18-37(27-39)38-19-10-21-40(28-38)50-55-48(35-15-5-2-6-16-35)57-52(59-50)42-25-24-33-12-7-8-17-36(33)26-42/h1-28,30,43-44,46H,29,31-32H2. The van der Waals surface area contributed by atoms with Crippen molar-refractivity contribution in [2.24, 2.45) is 17.8 Å². The molecule has 3 fully saturated rings. The summed E-state index contributed by atoms with van der Waals surface area (Å²) in [5.41, 5.74) is 9.62. The minimum absolute atomic E-state index is 0.368. The van der Waals surface area contributed by atoms with Crippen LogP contribution in [0.15, 0.2) is 176 Å². The van der Waals surface area contributed by atoms with Gasteiger partial charge in [-0.2, -0.15) is 0 Å². The quantitative estimate of drug-likeness (QED) is 0.154. The van der Waals surface area contributed by atoms with Crippen LogP contribution in [0.2, 0.25) is 0 Å². The Hall–Kier alpha value is -7.18. The second-order valence-electron chi connectivity index (χ2n) is 16.5. The first-order valence-corrected chi connectivity index (χ1v) is 20.6. The van der Waals surface area contributed by atoms with Crippen LogP contribution in [-0.4, -0.2) is 29.9 Å². The summed E-state index contributed by atoms with van der Waals surface area (Å²) >= 11 is 0. The smallest absolute Gasteiger partial charge is 0.164 e. The van der Waals surface area contributed by atoms with Crippen molar-refractivity contribution in [3.05, 3.63) is 181 Å². The van der Waals surface area contributed by atoms with E-state index in [1.54, 1.807) is 0 Å². The lowest BCUT2D eigenvalue weighted by atomic mass is 9.28. The van der Waals surface area contributed by atoms with E-state index < -0.39 is 0 Å². The summed E-state index contributed by atoms with van der Waals surface area (Å²) in [4.78, 5) is 30.4. The van der Waals surface area contributed by atoms with E-state index in [0.29, 0.717) is 40.4 Å². The van der Waals surface area contributed by atoms with E-state index in [-0.39, 0.29) is 0 Å². The largest absolute Gasteiger partial charge is 0.208 e. The third kappa shape index (κ3) is 5.78. The van der Waals surface area contributed by atoms with Crippen molar-refractivity contribution in [3.8, 4) is 79.5 Å². The van der Waals surface area contributed by atoms with Crippen LogP contribution in [-0.2, 0) is 5.41 Å². The molecular formula is C53H38N6. The molecule has 9 aromatic rings. The Morgan fingerprint density at radius 2 is 0.729 bits per heavy atom. The molecule has 2 aromatic heterocycles. The predicted molar refractivity (Wildman–Crippen MR) is 235 cm³/mol. The molecule has 3 aliphatic rings. The van der Waals surface area contributed by atoms with Gasteiger partial charge >= 0.3 is 0 Å². The lowest BCUT2D eigenvalue weighted by Gasteiger charge is -2.76. The molecule has 0 aliphatic heterocycles. The van der Waals surface area contributed by atoms with E-state index in [1.165, 1.54) is 30.2 Å². The highest BCUT2D eigenvalue weighted by Crippen LogP contribution is 2.77. The van der Waals surface area contributed by atoms with Gasteiger partial charge in [0.25, 0.3) is 0 Å². The third-order valence-corrected chi connectivity index (χ3v) is 13.1. The Morgan fingerprint density at radius 1 is 0.322 bits per heavy atom. The first-order chi connectivity index (χ1) is 29.1. The van der Waals surface area contributed by atoms with Crippen LogP contribution < -0.4 is 0 Å². The van der Waals surface area contributed by atoms with Gasteiger partial charge in [0.1, 0.15) is 0 Å². The maximum absolute atomic E-state index is 5.17. The fourth-order valence-electron chi connectivity index (χ4n) is 10.3. The summed E-state index contributed by atoms with van der Waals surface area (Å²) < 4.78 is 0. The van der Waals surface area contributed by atoms with Crippen molar-refractivity contribution in [1.29, 1.82) is 0 Å². The molecule has 2 unspecified atom stereocenters. The first kappa shape index (κ1) is 33.9. The molecule has 3 aliphatic carbocycles. The number of aromatic nitrogens is 6. The summed E-state index contributed by atoms with van der Waals surface area (Å²) in [6, 6.07) is 61.0. The first-order valence-electron chi connectivity index (χ1n) is 20.6. The summed E-state index contributed by atoms with van der Waals surface area (Å²) in [6.45, 7) is 0. The highest BCUT2D eigenvalue weighted by atomic mass is 15.0. The average molecular weight is 759 g/mol. The van der Waals surface area contributed by atoms with Crippen molar-refractivity contribution in [2.45, 2.75) is 24.7 Å².